The largest absolute Gasteiger partial charge is 0.383 e. The molecular weight excluding hydrogens is 274 g/mol. The second-order valence-corrected chi connectivity index (χ2v) is 6.22. The number of hydrogen-bond acceptors (Lipinski definition) is 6. The summed E-state index contributed by atoms with van der Waals surface area (Å²) in [5.74, 6) is 1.53. The summed E-state index contributed by atoms with van der Waals surface area (Å²) in [5, 5.41) is 4.10. The van der Waals surface area contributed by atoms with E-state index < -0.39 is 0 Å². The molecule has 0 radical (unpaired) electrons. The monoisotopic (exact) mass is 299 g/mol. The number of nitrogens with zero attached hydrogens (tertiary/aromatic N) is 2. The standard InChI is InChI=1S/C14H25N3O2S/c1-4-19-14(7-5-6-11(2)10-14)12-16-13(20-17-12)15-8-9-18-3/h11H,4-10H2,1-3H3,(H,15,16,17). The number of rotatable bonds is 7. The van der Waals surface area contributed by atoms with Crippen molar-refractivity contribution in [3.8, 4) is 0 Å². The summed E-state index contributed by atoms with van der Waals surface area (Å²) in [6.07, 6.45) is 4.51. The second kappa shape index (κ2) is 7.33. The summed E-state index contributed by atoms with van der Waals surface area (Å²) in [6.45, 7) is 6.46. The molecule has 0 saturated heterocycles. The lowest BCUT2D eigenvalue weighted by Gasteiger charge is -2.37. The van der Waals surface area contributed by atoms with Crippen LogP contribution in [-0.4, -0.2) is 36.2 Å². The molecule has 1 aliphatic rings. The van der Waals surface area contributed by atoms with Crippen LogP contribution in [0.2, 0.25) is 0 Å². The third kappa shape index (κ3) is 3.68. The summed E-state index contributed by atoms with van der Waals surface area (Å²) in [5.41, 5.74) is -0.274. The lowest BCUT2D eigenvalue weighted by Crippen LogP contribution is -2.36. The van der Waals surface area contributed by atoms with E-state index in [1.807, 2.05) is 6.92 Å². The number of nitrogens with one attached hydrogen (secondary N) is 1. The summed E-state index contributed by atoms with van der Waals surface area (Å²) in [6, 6.07) is 0. The zero-order valence-electron chi connectivity index (χ0n) is 12.6. The van der Waals surface area contributed by atoms with Crippen molar-refractivity contribution < 1.29 is 9.47 Å². The van der Waals surface area contributed by atoms with E-state index in [-0.39, 0.29) is 5.60 Å². The fraction of sp³-hybridized carbons (Fsp3) is 0.857. The molecule has 1 aromatic rings. The van der Waals surface area contributed by atoms with Crippen molar-refractivity contribution in [3.63, 3.8) is 0 Å². The molecule has 0 bridgehead atoms. The normalized spacial score (nSPS) is 26.6. The first-order valence-corrected chi connectivity index (χ1v) is 8.18. The first-order valence-electron chi connectivity index (χ1n) is 7.41. The van der Waals surface area contributed by atoms with Crippen LogP contribution < -0.4 is 5.32 Å². The van der Waals surface area contributed by atoms with Gasteiger partial charge in [0.1, 0.15) is 5.60 Å². The van der Waals surface area contributed by atoms with Crippen molar-refractivity contribution in [2.45, 2.75) is 45.1 Å². The molecule has 1 fully saturated rings. The van der Waals surface area contributed by atoms with Crippen LogP contribution in [-0.2, 0) is 15.1 Å². The quantitative estimate of drug-likeness (QED) is 0.784. The predicted molar refractivity (Wildman–Crippen MR) is 81.2 cm³/mol. The Morgan fingerprint density at radius 2 is 2.35 bits per heavy atom. The Kier molecular flexibility index (Phi) is 5.74. The Hall–Kier alpha value is -0.720. The molecule has 114 valence electrons. The van der Waals surface area contributed by atoms with Gasteiger partial charge in [-0.3, -0.25) is 0 Å². The van der Waals surface area contributed by atoms with Crippen LogP contribution in [0.5, 0.6) is 0 Å². The van der Waals surface area contributed by atoms with Gasteiger partial charge < -0.3 is 14.8 Å². The molecule has 2 atom stereocenters. The molecule has 20 heavy (non-hydrogen) atoms. The molecule has 1 N–H and O–H groups in total. The minimum atomic E-state index is -0.274. The Bertz CT molecular complexity index is 409. The van der Waals surface area contributed by atoms with Crippen molar-refractivity contribution in [1.29, 1.82) is 0 Å². The maximum Gasteiger partial charge on any atom is 0.202 e. The van der Waals surface area contributed by atoms with Crippen molar-refractivity contribution in [2.75, 3.05) is 32.2 Å². The molecule has 1 heterocycles. The summed E-state index contributed by atoms with van der Waals surface area (Å²) in [7, 11) is 1.70. The van der Waals surface area contributed by atoms with Crippen molar-refractivity contribution in [2.24, 2.45) is 5.92 Å². The van der Waals surface area contributed by atoms with Gasteiger partial charge in [-0.25, -0.2) is 4.98 Å². The Morgan fingerprint density at radius 3 is 3.05 bits per heavy atom. The molecule has 0 aromatic carbocycles. The summed E-state index contributed by atoms with van der Waals surface area (Å²) in [4.78, 5) is 4.65. The molecule has 0 aliphatic heterocycles. The third-order valence-electron chi connectivity index (χ3n) is 3.79. The summed E-state index contributed by atoms with van der Waals surface area (Å²) < 4.78 is 15.7. The van der Waals surface area contributed by atoms with E-state index in [0.29, 0.717) is 19.1 Å². The molecule has 1 aromatic heterocycles. The number of ether oxygens (including phenoxy) is 2. The first kappa shape index (κ1) is 15.7. The highest BCUT2D eigenvalue weighted by Crippen LogP contribution is 2.42. The van der Waals surface area contributed by atoms with E-state index in [4.69, 9.17) is 9.47 Å². The molecule has 5 nitrogen and oxygen atoms in total. The molecular formula is C14H25N3O2S. The Balaban J connectivity index is 2.09. The SMILES string of the molecule is CCOC1(c2nsc(NCCOC)n2)CCCC(C)C1. The molecule has 1 saturated carbocycles. The van der Waals surface area contributed by atoms with Crippen LogP contribution in [0.3, 0.4) is 0 Å². The highest BCUT2D eigenvalue weighted by atomic mass is 32.1. The van der Waals surface area contributed by atoms with Crippen LogP contribution in [0.15, 0.2) is 0 Å². The lowest BCUT2D eigenvalue weighted by atomic mass is 9.78. The lowest BCUT2D eigenvalue weighted by molar-refractivity contribution is -0.0872. The Labute approximate surface area is 125 Å². The maximum atomic E-state index is 6.10. The topological polar surface area (TPSA) is 56.3 Å². The van der Waals surface area contributed by atoms with Gasteiger partial charge in [-0.15, -0.1) is 0 Å². The fourth-order valence-electron chi connectivity index (χ4n) is 2.92. The van der Waals surface area contributed by atoms with Crippen molar-refractivity contribution >= 4 is 16.7 Å². The van der Waals surface area contributed by atoms with E-state index in [9.17, 15) is 0 Å². The van der Waals surface area contributed by atoms with Crippen molar-refractivity contribution in [1.82, 2.24) is 9.36 Å². The van der Waals surface area contributed by atoms with Crippen molar-refractivity contribution in [3.05, 3.63) is 5.82 Å². The average molecular weight is 299 g/mol. The second-order valence-electron chi connectivity index (χ2n) is 5.47. The van der Waals surface area contributed by atoms with Gasteiger partial charge >= 0.3 is 0 Å². The van der Waals surface area contributed by atoms with E-state index in [1.165, 1.54) is 24.4 Å². The smallest absolute Gasteiger partial charge is 0.202 e. The number of methoxy groups -OCH3 is 1. The average Bonchev–Trinajstić information content (AvgIpc) is 2.89. The van der Waals surface area contributed by atoms with E-state index in [1.54, 1.807) is 7.11 Å². The molecule has 6 heteroatoms. The number of aromatic nitrogens is 2. The molecule has 0 spiro atoms. The molecule has 1 aliphatic carbocycles. The first-order chi connectivity index (χ1) is 9.70. The van der Waals surface area contributed by atoms with Crippen LogP contribution in [0.1, 0.15) is 45.4 Å². The minimum Gasteiger partial charge on any atom is -0.383 e. The van der Waals surface area contributed by atoms with Crippen LogP contribution in [0, 0.1) is 5.92 Å². The Morgan fingerprint density at radius 1 is 1.50 bits per heavy atom. The van der Waals surface area contributed by atoms with E-state index in [2.05, 4.69) is 21.6 Å². The fourth-order valence-corrected chi connectivity index (χ4v) is 3.59. The zero-order valence-corrected chi connectivity index (χ0v) is 13.5. The van der Waals surface area contributed by atoms with Gasteiger partial charge in [-0.2, -0.15) is 4.37 Å². The maximum absolute atomic E-state index is 6.10. The number of hydrogen-bond donors (Lipinski definition) is 1. The van der Waals surface area contributed by atoms with Gasteiger partial charge in [0.25, 0.3) is 0 Å². The predicted octanol–water partition coefficient (Wildman–Crippen LogP) is 3.04. The molecule has 0 amide bonds. The van der Waals surface area contributed by atoms with Gasteiger partial charge in [-0.05, 0) is 32.1 Å². The van der Waals surface area contributed by atoms with Crippen LogP contribution in [0.4, 0.5) is 5.13 Å². The molecule has 2 unspecified atom stereocenters. The van der Waals surface area contributed by atoms with Crippen LogP contribution >= 0.6 is 11.5 Å². The van der Waals surface area contributed by atoms with E-state index in [0.717, 1.165) is 30.3 Å². The number of anilines is 1. The zero-order chi connectivity index (χ0) is 14.4. The molecule has 2 rings (SSSR count). The highest BCUT2D eigenvalue weighted by Gasteiger charge is 2.40. The minimum absolute atomic E-state index is 0.274. The van der Waals surface area contributed by atoms with Gasteiger partial charge in [-0.1, -0.05) is 13.3 Å². The van der Waals surface area contributed by atoms with Gasteiger partial charge in [0.05, 0.1) is 6.61 Å². The van der Waals surface area contributed by atoms with E-state index >= 15 is 0 Å². The van der Waals surface area contributed by atoms with Gasteiger partial charge in [0, 0.05) is 31.8 Å². The summed E-state index contributed by atoms with van der Waals surface area (Å²) >= 11 is 1.41. The van der Waals surface area contributed by atoms with Gasteiger partial charge in [0.2, 0.25) is 5.13 Å². The van der Waals surface area contributed by atoms with Crippen LogP contribution in [0.25, 0.3) is 0 Å². The van der Waals surface area contributed by atoms with Gasteiger partial charge in [0.15, 0.2) is 5.82 Å². The third-order valence-corrected chi connectivity index (χ3v) is 4.47. The highest BCUT2D eigenvalue weighted by molar-refractivity contribution is 7.09.